The van der Waals surface area contributed by atoms with E-state index in [4.69, 9.17) is 5.84 Å². The number of nitrogens with two attached hydrogens (primary N) is 1. The van der Waals surface area contributed by atoms with Crippen molar-refractivity contribution in [1.29, 1.82) is 0 Å². The summed E-state index contributed by atoms with van der Waals surface area (Å²) in [5.41, 5.74) is 2.99. The highest BCUT2D eigenvalue weighted by Crippen LogP contribution is 2.05. The highest BCUT2D eigenvalue weighted by Gasteiger charge is 2.05. The van der Waals surface area contributed by atoms with Crippen LogP contribution in [0.1, 0.15) is 18.3 Å². The third-order valence-electron chi connectivity index (χ3n) is 2.36. The number of hydrazone groups is 1. The molecule has 0 atom stereocenters. The fraction of sp³-hybridized carbons (Fsp3) is 0.182. The number of benzene rings is 1. The molecule has 0 radical (unpaired) electrons. The minimum Gasteiger partial charge on any atom is -1.00 e. The monoisotopic (exact) mass is 283 g/mol. The summed E-state index contributed by atoms with van der Waals surface area (Å²) in [6, 6.07) is 6.32. The van der Waals surface area contributed by atoms with Gasteiger partial charge in [-0.3, -0.25) is 0 Å². The van der Waals surface area contributed by atoms with E-state index in [2.05, 4.69) is 20.7 Å². The summed E-state index contributed by atoms with van der Waals surface area (Å²) >= 11 is 0. The van der Waals surface area contributed by atoms with E-state index in [0.29, 0.717) is 23.8 Å². The summed E-state index contributed by atoms with van der Waals surface area (Å²) in [4.78, 5) is 0. The predicted octanol–water partition coefficient (Wildman–Crippen LogP) is -1.86. The number of nitrogens with one attached hydrogen (secondary N) is 1. The lowest BCUT2D eigenvalue weighted by atomic mass is 10.2. The smallest absolute Gasteiger partial charge is 0.263 e. The average Bonchev–Trinajstić information content (AvgIpc) is 2.73. The van der Waals surface area contributed by atoms with Crippen molar-refractivity contribution in [2.75, 3.05) is 11.3 Å². The molecule has 2 aromatic rings. The van der Waals surface area contributed by atoms with Gasteiger partial charge in [0.25, 0.3) is 5.95 Å². The Kier molecular flexibility index (Phi) is 5.25. The van der Waals surface area contributed by atoms with Gasteiger partial charge in [0, 0.05) is 12.0 Å². The lowest BCUT2D eigenvalue weighted by Crippen LogP contribution is -3.00. The maximum absolute atomic E-state index is 13.3. The van der Waals surface area contributed by atoms with Crippen molar-refractivity contribution >= 4 is 12.2 Å². The second kappa shape index (κ2) is 6.69. The first-order valence-electron chi connectivity index (χ1n) is 5.45. The Hall–Kier alpha value is -2.15. The van der Waals surface area contributed by atoms with Gasteiger partial charge in [0.05, 0.1) is 6.21 Å². The molecule has 19 heavy (non-hydrogen) atoms. The second-order valence-corrected chi connectivity index (χ2v) is 3.55. The van der Waals surface area contributed by atoms with E-state index in [-0.39, 0.29) is 18.2 Å². The minimum absolute atomic E-state index is 0. The van der Waals surface area contributed by atoms with Crippen LogP contribution in [0.4, 0.5) is 10.3 Å². The summed E-state index contributed by atoms with van der Waals surface area (Å²) in [5, 5.41) is 11.5. The number of nitrogen functional groups attached to an aromatic ring is 1. The van der Waals surface area contributed by atoms with E-state index in [0.717, 1.165) is 0 Å². The first-order valence-corrected chi connectivity index (χ1v) is 5.45. The summed E-state index contributed by atoms with van der Waals surface area (Å²) in [6.45, 7) is 1.92. The summed E-state index contributed by atoms with van der Waals surface area (Å²) in [6.07, 6.45) is 2.03. The second-order valence-electron chi connectivity index (χ2n) is 3.55. The number of hydrogen-bond acceptors (Lipinski definition) is 5. The highest BCUT2D eigenvalue weighted by molar-refractivity contribution is 5.80. The van der Waals surface area contributed by atoms with Crippen molar-refractivity contribution in [3.8, 4) is 0 Å². The zero-order chi connectivity index (χ0) is 13.0. The zero-order valence-corrected chi connectivity index (χ0v) is 11.0. The van der Waals surface area contributed by atoms with Crippen LogP contribution in [0.25, 0.3) is 0 Å². The van der Waals surface area contributed by atoms with Crippen LogP contribution >= 0.6 is 0 Å². The maximum atomic E-state index is 13.3. The molecule has 1 heterocycles. The molecule has 8 heteroatoms. The zero-order valence-electron chi connectivity index (χ0n) is 10.2. The molecule has 0 bridgehead atoms. The molecule has 102 valence electrons. The molecule has 3 N–H and O–H groups in total. The molecular formula is C11H13ClFN6-. The molecule has 0 fully saturated rings. The Morgan fingerprint density at radius 2 is 2.16 bits per heavy atom. The van der Waals surface area contributed by atoms with E-state index in [1.807, 2.05) is 6.92 Å². The van der Waals surface area contributed by atoms with Crippen LogP contribution in [0.2, 0.25) is 0 Å². The van der Waals surface area contributed by atoms with Crippen LogP contribution < -0.4 is 23.7 Å². The number of halogens is 2. The average molecular weight is 284 g/mol. The molecule has 6 nitrogen and oxygen atoms in total. The number of anilines is 1. The van der Waals surface area contributed by atoms with E-state index < -0.39 is 0 Å². The van der Waals surface area contributed by atoms with Gasteiger partial charge in [0.15, 0.2) is 5.82 Å². The van der Waals surface area contributed by atoms with Gasteiger partial charge >= 0.3 is 0 Å². The lowest BCUT2D eigenvalue weighted by molar-refractivity contribution is -0.00000445. The van der Waals surface area contributed by atoms with Gasteiger partial charge in [0.2, 0.25) is 0 Å². The van der Waals surface area contributed by atoms with E-state index in [1.165, 1.54) is 17.0 Å². The van der Waals surface area contributed by atoms with Crippen molar-refractivity contribution in [2.24, 2.45) is 5.10 Å². The van der Waals surface area contributed by atoms with Gasteiger partial charge < -0.3 is 18.2 Å². The Bertz CT molecular complexity index is 568. The third-order valence-corrected chi connectivity index (χ3v) is 2.36. The molecule has 0 aliphatic rings. The van der Waals surface area contributed by atoms with Crippen LogP contribution in [0, 0.1) is 5.82 Å². The SMILES string of the molecule is CCc1nnc(NN=Cc2ccccc2F)n1N.[Cl-]. The Labute approximate surface area is 115 Å². The number of aryl methyl sites for hydroxylation is 1. The van der Waals surface area contributed by atoms with Crippen molar-refractivity contribution in [3.63, 3.8) is 0 Å². The van der Waals surface area contributed by atoms with Gasteiger partial charge in [-0.1, -0.05) is 25.1 Å². The van der Waals surface area contributed by atoms with Crippen molar-refractivity contribution in [3.05, 3.63) is 41.5 Å². The van der Waals surface area contributed by atoms with Crippen molar-refractivity contribution in [2.45, 2.75) is 13.3 Å². The highest BCUT2D eigenvalue weighted by atomic mass is 35.5. The molecule has 0 aliphatic carbocycles. The van der Waals surface area contributed by atoms with Gasteiger partial charge in [0.1, 0.15) is 5.82 Å². The Morgan fingerprint density at radius 1 is 1.42 bits per heavy atom. The molecule has 0 saturated heterocycles. The maximum Gasteiger partial charge on any atom is 0.263 e. The third kappa shape index (κ3) is 3.41. The van der Waals surface area contributed by atoms with Crippen LogP contribution in [-0.2, 0) is 6.42 Å². The summed E-state index contributed by atoms with van der Waals surface area (Å²) in [5.74, 6) is 6.31. The van der Waals surface area contributed by atoms with Crippen LogP contribution in [0.5, 0.6) is 0 Å². The molecule has 0 unspecified atom stereocenters. The first kappa shape index (κ1) is 14.9. The molecule has 0 amide bonds. The predicted molar refractivity (Wildman–Crippen MR) is 67.2 cm³/mol. The Morgan fingerprint density at radius 3 is 2.79 bits per heavy atom. The standard InChI is InChI=1S/C11H13FN6.ClH/c1-2-10-15-17-11(18(10)13)16-14-7-8-5-3-4-6-9(8)12;/h3-7H,2,13H2,1H3,(H,16,17);1H/p-1. The first-order chi connectivity index (χ1) is 8.72. The lowest BCUT2D eigenvalue weighted by Gasteiger charge is -2.00. The van der Waals surface area contributed by atoms with E-state index in [9.17, 15) is 4.39 Å². The normalized spacial score (nSPS) is 10.4. The fourth-order valence-electron chi connectivity index (χ4n) is 1.38. The van der Waals surface area contributed by atoms with Crippen LogP contribution in [0.3, 0.4) is 0 Å². The fourth-order valence-corrected chi connectivity index (χ4v) is 1.38. The largest absolute Gasteiger partial charge is 1.00 e. The minimum atomic E-state index is -0.341. The Balaban J connectivity index is 0.00000180. The van der Waals surface area contributed by atoms with Crippen LogP contribution in [-0.4, -0.2) is 21.1 Å². The summed E-state index contributed by atoms with van der Waals surface area (Å²) in [7, 11) is 0. The molecule has 2 rings (SSSR count). The molecule has 1 aromatic carbocycles. The molecule has 0 saturated carbocycles. The number of rotatable bonds is 4. The van der Waals surface area contributed by atoms with Gasteiger partial charge in [-0.25, -0.2) is 14.5 Å². The summed E-state index contributed by atoms with van der Waals surface area (Å²) < 4.78 is 14.6. The van der Waals surface area contributed by atoms with E-state index >= 15 is 0 Å². The number of aromatic nitrogens is 3. The molecular weight excluding hydrogens is 271 g/mol. The van der Waals surface area contributed by atoms with Crippen molar-refractivity contribution < 1.29 is 16.8 Å². The van der Waals surface area contributed by atoms with E-state index in [1.54, 1.807) is 18.2 Å². The molecule has 1 aromatic heterocycles. The number of hydrogen-bond donors (Lipinski definition) is 2. The van der Waals surface area contributed by atoms with Gasteiger partial charge in [-0.15, -0.1) is 10.2 Å². The van der Waals surface area contributed by atoms with Gasteiger partial charge in [-0.2, -0.15) is 5.10 Å². The quantitative estimate of drug-likeness (QED) is 0.392. The van der Waals surface area contributed by atoms with Crippen LogP contribution in [0.15, 0.2) is 29.4 Å². The topological polar surface area (TPSA) is 81.1 Å². The van der Waals surface area contributed by atoms with Gasteiger partial charge in [-0.05, 0) is 6.07 Å². The number of nitrogens with zero attached hydrogens (tertiary/aromatic N) is 4. The molecule has 0 aliphatic heterocycles. The molecule has 0 spiro atoms. The van der Waals surface area contributed by atoms with Crippen molar-refractivity contribution in [1.82, 2.24) is 14.9 Å².